The van der Waals surface area contributed by atoms with Crippen molar-refractivity contribution in [2.45, 2.75) is 52.4 Å². The number of benzene rings is 2. The molecule has 0 radical (unpaired) electrons. The topological polar surface area (TPSA) is 26.3 Å². The second-order valence-electron chi connectivity index (χ2n) is 6.63. The van der Waals surface area contributed by atoms with Crippen LogP contribution in [0.15, 0.2) is 60.2 Å². The summed E-state index contributed by atoms with van der Waals surface area (Å²) in [5.74, 6) is -0.299. The van der Waals surface area contributed by atoms with Gasteiger partial charge in [-0.3, -0.25) is 0 Å². The molecule has 2 aromatic carbocycles. The predicted molar refractivity (Wildman–Crippen MR) is 111 cm³/mol. The summed E-state index contributed by atoms with van der Waals surface area (Å²) in [5.41, 5.74) is 3.87. The van der Waals surface area contributed by atoms with Crippen LogP contribution in [-0.2, 0) is 9.53 Å². The maximum atomic E-state index is 11.6. The molecular weight excluding hydrogens is 320 g/mol. The Kier molecular flexibility index (Phi) is 8.14. The normalized spacial score (nSPS) is 12.4. The van der Waals surface area contributed by atoms with Gasteiger partial charge in [-0.25, -0.2) is 4.79 Å². The summed E-state index contributed by atoms with van der Waals surface area (Å²) >= 11 is 0. The van der Waals surface area contributed by atoms with Gasteiger partial charge >= 0.3 is 5.97 Å². The Balaban J connectivity index is 2.51. The molecule has 0 aliphatic carbocycles. The van der Waals surface area contributed by atoms with Gasteiger partial charge in [-0.05, 0) is 59.2 Å². The summed E-state index contributed by atoms with van der Waals surface area (Å²) < 4.78 is 4.78. The Labute approximate surface area is 157 Å². The second kappa shape index (κ2) is 10.6. The predicted octanol–water partition coefficient (Wildman–Crippen LogP) is 6.70. The maximum absolute atomic E-state index is 11.6. The molecule has 0 saturated carbocycles. The van der Waals surface area contributed by atoms with Crippen molar-refractivity contribution in [1.29, 1.82) is 0 Å². The van der Waals surface area contributed by atoms with Gasteiger partial charge in [0.15, 0.2) is 0 Å². The summed E-state index contributed by atoms with van der Waals surface area (Å²) in [6.07, 6.45) is 10.1. The Morgan fingerprint density at radius 3 is 2.31 bits per heavy atom. The number of fused-ring (bicyclic) bond motifs is 1. The summed E-state index contributed by atoms with van der Waals surface area (Å²) in [7, 11) is 1.42. The first-order chi connectivity index (χ1) is 12.7. The van der Waals surface area contributed by atoms with Gasteiger partial charge in [-0.2, -0.15) is 0 Å². The van der Waals surface area contributed by atoms with Gasteiger partial charge in [-0.15, -0.1) is 0 Å². The van der Waals surface area contributed by atoms with E-state index in [1.54, 1.807) is 6.08 Å². The number of ether oxygens (including phenoxy) is 1. The van der Waals surface area contributed by atoms with Gasteiger partial charge in [0, 0.05) is 6.08 Å². The number of hydrogen-bond donors (Lipinski definition) is 0. The lowest BCUT2D eigenvalue weighted by Gasteiger charge is -2.14. The Hall–Kier alpha value is -2.35. The van der Waals surface area contributed by atoms with E-state index in [-0.39, 0.29) is 5.97 Å². The highest BCUT2D eigenvalue weighted by molar-refractivity contribution is 5.88. The molecule has 0 fully saturated rings. The first kappa shape index (κ1) is 20.0. The van der Waals surface area contributed by atoms with Crippen LogP contribution in [0.3, 0.4) is 0 Å². The molecule has 0 atom stereocenters. The molecule has 0 bridgehead atoms. The summed E-state index contributed by atoms with van der Waals surface area (Å²) in [5, 5.41) is 2.51. The average molecular weight is 351 g/mol. The van der Waals surface area contributed by atoms with Crippen LogP contribution in [0.2, 0.25) is 0 Å². The average Bonchev–Trinajstić information content (AvgIpc) is 2.69. The molecule has 0 heterocycles. The maximum Gasteiger partial charge on any atom is 0.330 e. The van der Waals surface area contributed by atoms with Gasteiger partial charge < -0.3 is 4.74 Å². The quantitative estimate of drug-likeness (QED) is 0.286. The van der Waals surface area contributed by atoms with E-state index in [9.17, 15) is 4.79 Å². The van der Waals surface area contributed by atoms with E-state index in [0.29, 0.717) is 0 Å². The van der Waals surface area contributed by atoms with Gasteiger partial charge in [0.25, 0.3) is 0 Å². The van der Waals surface area contributed by atoms with Crippen molar-refractivity contribution in [1.82, 2.24) is 0 Å². The number of unbranched alkanes of at least 4 members (excludes halogenated alkanes) is 2. The highest BCUT2D eigenvalue weighted by atomic mass is 16.5. The van der Waals surface area contributed by atoms with E-state index in [2.05, 4.69) is 56.3 Å². The fourth-order valence-corrected chi connectivity index (χ4v) is 3.16. The molecule has 0 aromatic heterocycles. The Morgan fingerprint density at radius 1 is 0.923 bits per heavy atom. The van der Waals surface area contributed by atoms with Crippen LogP contribution in [0.5, 0.6) is 0 Å². The zero-order valence-electron chi connectivity index (χ0n) is 16.3. The third-order valence-corrected chi connectivity index (χ3v) is 4.69. The number of esters is 1. The van der Waals surface area contributed by atoms with Crippen LogP contribution in [0.4, 0.5) is 0 Å². The molecule has 0 N–H and O–H groups in total. The van der Waals surface area contributed by atoms with Crippen molar-refractivity contribution in [3.63, 3.8) is 0 Å². The molecule has 2 rings (SSSR count). The van der Waals surface area contributed by atoms with E-state index in [1.165, 1.54) is 34.6 Å². The fraction of sp³-hybridized carbons (Fsp3) is 0.375. The number of hydrogen-bond acceptors (Lipinski definition) is 2. The summed E-state index contributed by atoms with van der Waals surface area (Å²) in [4.78, 5) is 11.6. The summed E-state index contributed by atoms with van der Waals surface area (Å²) in [6.45, 7) is 4.41. The number of carbonyl (C=O) groups excluding carboxylic acids is 1. The molecule has 138 valence electrons. The second-order valence-corrected chi connectivity index (χ2v) is 6.63. The zero-order chi connectivity index (χ0) is 18.8. The van der Waals surface area contributed by atoms with E-state index < -0.39 is 0 Å². The minimum atomic E-state index is -0.299. The molecule has 2 aromatic rings. The van der Waals surface area contributed by atoms with Gasteiger partial charge in [-0.1, -0.05) is 69.2 Å². The van der Waals surface area contributed by atoms with Crippen molar-refractivity contribution < 1.29 is 9.53 Å². The van der Waals surface area contributed by atoms with Crippen molar-refractivity contribution in [3.8, 4) is 0 Å². The highest BCUT2D eigenvalue weighted by Gasteiger charge is 2.09. The minimum Gasteiger partial charge on any atom is -0.466 e. The fourth-order valence-electron chi connectivity index (χ4n) is 3.16. The van der Waals surface area contributed by atoms with Crippen molar-refractivity contribution in [2.75, 3.05) is 7.11 Å². The van der Waals surface area contributed by atoms with Crippen LogP contribution in [0.25, 0.3) is 16.3 Å². The van der Waals surface area contributed by atoms with Gasteiger partial charge in [0.05, 0.1) is 7.11 Å². The van der Waals surface area contributed by atoms with E-state index in [1.807, 2.05) is 6.08 Å². The molecule has 0 spiro atoms. The van der Waals surface area contributed by atoms with Crippen LogP contribution in [0, 0.1) is 0 Å². The lowest BCUT2D eigenvalue weighted by atomic mass is 9.91. The standard InChI is InChI=1S/C24H30O2/c1-4-6-10-20(16-17-24(25)26-3)23(13-7-5-2)22-15-14-19-11-8-9-12-21(19)18-22/h8-9,11-12,14-18H,4-7,10,13H2,1-3H3/b17-16+,23-20-. The third-order valence-electron chi connectivity index (χ3n) is 4.69. The molecule has 0 saturated heterocycles. The largest absolute Gasteiger partial charge is 0.466 e. The van der Waals surface area contributed by atoms with Crippen molar-refractivity contribution >= 4 is 22.3 Å². The Bertz CT molecular complexity index is 784. The Morgan fingerprint density at radius 2 is 1.62 bits per heavy atom. The minimum absolute atomic E-state index is 0.299. The molecule has 2 nitrogen and oxygen atoms in total. The molecular formula is C24H30O2. The number of rotatable bonds is 9. The summed E-state index contributed by atoms with van der Waals surface area (Å²) in [6, 6.07) is 15.1. The van der Waals surface area contributed by atoms with Crippen molar-refractivity contribution in [2.24, 2.45) is 0 Å². The highest BCUT2D eigenvalue weighted by Crippen LogP contribution is 2.30. The number of carbonyl (C=O) groups is 1. The molecule has 2 heteroatoms. The van der Waals surface area contributed by atoms with Crippen LogP contribution >= 0.6 is 0 Å². The monoisotopic (exact) mass is 350 g/mol. The molecule has 26 heavy (non-hydrogen) atoms. The first-order valence-corrected chi connectivity index (χ1v) is 9.66. The van der Waals surface area contributed by atoms with E-state index in [0.717, 1.165) is 38.5 Å². The van der Waals surface area contributed by atoms with Crippen LogP contribution in [-0.4, -0.2) is 13.1 Å². The molecule has 0 unspecified atom stereocenters. The van der Waals surface area contributed by atoms with E-state index in [4.69, 9.17) is 4.74 Å². The molecule has 0 aliphatic rings. The number of methoxy groups -OCH3 is 1. The third kappa shape index (κ3) is 5.59. The van der Waals surface area contributed by atoms with Crippen LogP contribution in [0.1, 0.15) is 57.9 Å². The lowest BCUT2D eigenvalue weighted by molar-refractivity contribution is -0.134. The van der Waals surface area contributed by atoms with Crippen LogP contribution < -0.4 is 0 Å². The SMILES string of the molecule is CCCCC(/C=C/C(=O)OC)=C(\CCCC)c1ccc2ccccc2c1. The number of allylic oxidation sites excluding steroid dienone is 3. The smallest absolute Gasteiger partial charge is 0.330 e. The van der Waals surface area contributed by atoms with Crippen molar-refractivity contribution in [3.05, 3.63) is 65.8 Å². The first-order valence-electron chi connectivity index (χ1n) is 9.66. The van der Waals surface area contributed by atoms with Gasteiger partial charge in [0.1, 0.15) is 0 Å². The molecule has 0 aliphatic heterocycles. The molecule has 0 amide bonds. The zero-order valence-corrected chi connectivity index (χ0v) is 16.3. The lowest BCUT2D eigenvalue weighted by Crippen LogP contribution is -1.97. The van der Waals surface area contributed by atoms with Gasteiger partial charge in [0.2, 0.25) is 0 Å². The van der Waals surface area contributed by atoms with E-state index >= 15 is 0 Å².